The van der Waals surface area contributed by atoms with Gasteiger partial charge in [-0.05, 0) is 19.3 Å². The number of hydrogen-bond acceptors (Lipinski definition) is 1. The van der Waals surface area contributed by atoms with E-state index in [1.807, 2.05) is 0 Å². The van der Waals surface area contributed by atoms with E-state index >= 15 is 0 Å². The van der Waals surface area contributed by atoms with Crippen LogP contribution in [0.5, 0.6) is 0 Å². The van der Waals surface area contributed by atoms with E-state index in [1.54, 1.807) is 0 Å². The molecule has 1 atom stereocenters. The Hall–Kier alpha value is -0.0400. The summed E-state index contributed by atoms with van der Waals surface area (Å²) in [6.07, 6.45) is 2.86. The monoisotopic (exact) mass is 144 g/mol. The van der Waals surface area contributed by atoms with Crippen molar-refractivity contribution in [2.75, 3.05) is 6.61 Å². The van der Waals surface area contributed by atoms with Crippen LogP contribution >= 0.6 is 0 Å². The quantitative estimate of drug-likeness (QED) is 0.576. The topological polar surface area (TPSA) is 9.23 Å². The fourth-order valence-corrected chi connectivity index (χ4v) is 0.847. The molecule has 0 radical (unpaired) electrons. The van der Waals surface area contributed by atoms with E-state index in [2.05, 4.69) is 27.7 Å². The lowest BCUT2D eigenvalue weighted by Gasteiger charge is -2.13. The first kappa shape index (κ1) is 9.96. The van der Waals surface area contributed by atoms with Crippen LogP contribution in [0.15, 0.2) is 0 Å². The van der Waals surface area contributed by atoms with Gasteiger partial charge in [0.1, 0.15) is 0 Å². The summed E-state index contributed by atoms with van der Waals surface area (Å²) >= 11 is 0. The summed E-state index contributed by atoms with van der Waals surface area (Å²) in [7, 11) is 0. The Bertz CT molecular complexity index is 69.1. The first-order chi connectivity index (χ1) is 4.66. The highest BCUT2D eigenvalue weighted by atomic mass is 16.5. The van der Waals surface area contributed by atoms with Crippen LogP contribution in [0.1, 0.15) is 40.5 Å². The summed E-state index contributed by atoms with van der Waals surface area (Å²) in [4.78, 5) is 0. The Morgan fingerprint density at radius 1 is 1.20 bits per heavy atom. The zero-order valence-electron chi connectivity index (χ0n) is 7.68. The molecule has 1 heteroatoms. The van der Waals surface area contributed by atoms with Gasteiger partial charge in [0.15, 0.2) is 0 Å². The molecule has 0 saturated carbocycles. The van der Waals surface area contributed by atoms with E-state index in [0.29, 0.717) is 12.0 Å². The van der Waals surface area contributed by atoms with Crippen molar-refractivity contribution >= 4 is 0 Å². The zero-order valence-corrected chi connectivity index (χ0v) is 7.68. The Morgan fingerprint density at radius 2 is 1.80 bits per heavy atom. The molecule has 0 rings (SSSR count). The van der Waals surface area contributed by atoms with Gasteiger partial charge in [-0.25, -0.2) is 0 Å². The minimum Gasteiger partial charge on any atom is -0.378 e. The first-order valence-electron chi connectivity index (χ1n) is 4.28. The van der Waals surface area contributed by atoms with Gasteiger partial charge < -0.3 is 4.74 Å². The minimum absolute atomic E-state index is 0.451. The molecule has 0 fully saturated rings. The Kier molecular flexibility index (Phi) is 5.70. The Labute approximate surface area is 64.8 Å². The Morgan fingerprint density at radius 3 is 2.20 bits per heavy atom. The maximum absolute atomic E-state index is 5.54. The summed E-state index contributed by atoms with van der Waals surface area (Å²) in [5.41, 5.74) is 0. The molecule has 0 heterocycles. The van der Waals surface area contributed by atoms with Gasteiger partial charge in [0.25, 0.3) is 0 Å². The number of rotatable bonds is 5. The van der Waals surface area contributed by atoms with Gasteiger partial charge in [0.2, 0.25) is 0 Å². The predicted octanol–water partition coefficient (Wildman–Crippen LogP) is 2.85. The molecule has 62 valence electrons. The molecular weight excluding hydrogens is 124 g/mol. The second kappa shape index (κ2) is 5.72. The van der Waals surface area contributed by atoms with Gasteiger partial charge in [-0.2, -0.15) is 0 Å². The molecule has 1 nitrogen and oxygen atoms in total. The van der Waals surface area contributed by atoms with E-state index in [-0.39, 0.29) is 0 Å². The lowest BCUT2D eigenvalue weighted by atomic mass is 10.2. The summed E-state index contributed by atoms with van der Waals surface area (Å²) in [6.45, 7) is 9.60. The van der Waals surface area contributed by atoms with Crippen molar-refractivity contribution in [1.82, 2.24) is 0 Å². The molecule has 0 aromatic rings. The molecule has 1 unspecified atom stereocenters. The molecule has 0 aliphatic heterocycles. The van der Waals surface area contributed by atoms with Gasteiger partial charge in [-0.1, -0.05) is 27.2 Å². The van der Waals surface area contributed by atoms with E-state index in [4.69, 9.17) is 4.74 Å². The minimum atomic E-state index is 0.451. The largest absolute Gasteiger partial charge is 0.378 e. The molecule has 0 N–H and O–H groups in total. The maximum atomic E-state index is 5.54. The third kappa shape index (κ3) is 6.09. The summed E-state index contributed by atoms with van der Waals surface area (Å²) in [5, 5.41) is 0. The van der Waals surface area contributed by atoms with Crippen molar-refractivity contribution in [1.29, 1.82) is 0 Å². The van der Waals surface area contributed by atoms with Crippen LogP contribution < -0.4 is 0 Å². The Balaban J connectivity index is 3.12. The van der Waals surface area contributed by atoms with E-state index in [1.165, 1.54) is 12.8 Å². The van der Waals surface area contributed by atoms with Crippen molar-refractivity contribution < 1.29 is 4.74 Å². The van der Waals surface area contributed by atoms with Crippen molar-refractivity contribution in [3.05, 3.63) is 0 Å². The van der Waals surface area contributed by atoms with Gasteiger partial charge in [0, 0.05) is 6.61 Å². The number of ether oxygens (including phenoxy) is 1. The second-order valence-corrected chi connectivity index (χ2v) is 3.33. The van der Waals surface area contributed by atoms with Crippen molar-refractivity contribution in [3.63, 3.8) is 0 Å². The summed E-state index contributed by atoms with van der Waals surface area (Å²) in [6, 6.07) is 0. The number of hydrogen-bond donors (Lipinski definition) is 0. The van der Waals surface area contributed by atoms with Crippen LogP contribution in [0.4, 0.5) is 0 Å². The van der Waals surface area contributed by atoms with E-state index < -0.39 is 0 Å². The van der Waals surface area contributed by atoms with E-state index in [0.717, 1.165) is 6.61 Å². The fourth-order valence-electron chi connectivity index (χ4n) is 0.847. The zero-order chi connectivity index (χ0) is 7.98. The molecule has 0 amide bonds. The molecule has 0 aliphatic carbocycles. The molecule has 10 heavy (non-hydrogen) atoms. The van der Waals surface area contributed by atoms with Gasteiger partial charge in [-0.15, -0.1) is 0 Å². The summed E-state index contributed by atoms with van der Waals surface area (Å²) in [5.74, 6) is 0.666. The van der Waals surface area contributed by atoms with Gasteiger partial charge >= 0.3 is 0 Å². The van der Waals surface area contributed by atoms with Crippen LogP contribution in [0.3, 0.4) is 0 Å². The fraction of sp³-hybridized carbons (Fsp3) is 1.00. The van der Waals surface area contributed by atoms with E-state index in [9.17, 15) is 0 Å². The van der Waals surface area contributed by atoms with Crippen LogP contribution in [-0.4, -0.2) is 12.7 Å². The molecule has 0 spiro atoms. The molecule has 0 aromatic carbocycles. The highest BCUT2D eigenvalue weighted by Crippen LogP contribution is 2.03. The lowest BCUT2D eigenvalue weighted by Crippen LogP contribution is -2.11. The van der Waals surface area contributed by atoms with Crippen molar-refractivity contribution in [3.8, 4) is 0 Å². The normalized spacial score (nSPS) is 14.1. The molecule has 0 aliphatic rings. The van der Waals surface area contributed by atoms with Gasteiger partial charge in [0.05, 0.1) is 6.10 Å². The average molecular weight is 144 g/mol. The highest BCUT2D eigenvalue weighted by Gasteiger charge is 2.00. The molecule has 0 bridgehead atoms. The standard InChI is InChI=1S/C9H20O/c1-5-6-9(4)10-7-8(2)3/h8-9H,5-7H2,1-4H3. The second-order valence-electron chi connectivity index (χ2n) is 3.33. The molecular formula is C9H20O. The van der Waals surface area contributed by atoms with Crippen molar-refractivity contribution in [2.45, 2.75) is 46.6 Å². The van der Waals surface area contributed by atoms with Crippen LogP contribution in [0, 0.1) is 5.92 Å². The van der Waals surface area contributed by atoms with Crippen LogP contribution in [0.2, 0.25) is 0 Å². The first-order valence-corrected chi connectivity index (χ1v) is 4.28. The molecule has 0 aromatic heterocycles. The lowest BCUT2D eigenvalue weighted by molar-refractivity contribution is 0.0421. The maximum Gasteiger partial charge on any atom is 0.0547 e. The summed E-state index contributed by atoms with van der Waals surface area (Å²) < 4.78 is 5.54. The third-order valence-electron chi connectivity index (χ3n) is 1.41. The van der Waals surface area contributed by atoms with Crippen LogP contribution in [0.25, 0.3) is 0 Å². The third-order valence-corrected chi connectivity index (χ3v) is 1.41. The smallest absolute Gasteiger partial charge is 0.0547 e. The SMILES string of the molecule is CCCC(C)OCC(C)C. The van der Waals surface area contributed by atoms with Crippen molar-refractivity contribution in [2.24, 2.45) is 5.92 Å². The highest BCUT2D eigenvalue weighted by molar-refractivity contribution is 4.49. The van der Waals surface area contributed by atoms with Gasteiger partial charge in [-0.3, -0.25) is 0 Å². The molecule has 0 saturated heterocycles. The average Bonchev–Trinajstić information content (AvgIpc) is 1.85. The van der Waals surface area contributed by atoms with Crippen LogP contribution in [-0.2, 0) is 4.74 Å². The predicted molar refractivity (Wildman–Crippen MR) is 45.2 cm³/mol.